The van der Waals surface area contributed by atoms with Gasteiger partial charge in [0.2, 0.25) is 5.91 Å². The first-order valence-corrected chi connectivity index (χ1v) is 7.88. The summed E-state index contributed by atoms with van der Waals surface area (Å²) in [6.07, 6.45) is 4.02. The molecule has 1 amide bonds. The zero-order valence-corrected chi connectivity index (χ0v) is 16.3. The van der Waals surface area contributed by atoms with E-state index in [1.165, 1.54) is 6.42 Å². The second-order valence-corrected chi connectivity index (χ2v) is 6.85. The predicted molar refractivity (Wildman–Crippen MR) is 98.7 cm³/mol. The van der Waals surface area contributed by atoms with Gasteiger partial charge in [0.15, 0.2) is 5.96 Å². The van der Waals surface area contributed by atoms with Gasteiger partial charge in [0.05, 0.1) is 18.2 Å². The molecule has 0 aliphatic carbocycles. The standard InChI is InChI=1S/C15H28N4O2.HI/c1-5-16-14(17-9-13(20)19-15(2,3)4)18-11-8-10-6-7-12(11)21-10;/h10-12H,5-9H2,1-4H3,(H,19,20)(H2,16,17,18);1H. The SMILES string of the molecule is CCNC(=NCC(=O)NC(C)(C)C)NC1CC2CCC1O2.I. The highest BCUT2D eigenvalue weighted by Crippen LogP contribution is 2.34. The fourth-order valence-corrected chi connectivity index (χ4v) is 2.89. The van der Waals surface area contributed by atoms with Gasteiger partial charge in [-0.05, 0) is 47.0 Å². The number of nitrogens with zero attached hydrogens (tertiary/aromatic N) is 1. The Morgan fingerprint density at radius 3 is 2.55 bits per heavy atom. The van der Waals surface area contributed by atoms with Gasteiger partial charge in [-0.1, -0.05) is 0 Å². The Morgan fingerprint density at radius 2 is 2.05 bits per heavy atom. The minimum Gasteiger partial charge on any atom is -0.373 e. The molecule has 7 heteroatoms. The van der Waals surface area contributed by atoms with Crippen molar-refractivity contribution in [1.29, 1.82) is 0 Å². The van der Waals surface area contributed by atoms with Crippen LogP contribution >= 0.6 is 24.0 Å². The highest BCUT2D eigenvalue weighted by Gasteiger charge is 2.41. The number of carbonyl (C=O) groups is 1. The summed E-state index contributed by atoms with van der Waals surface area (Å²) in [4.78, 5) is 16.2. The lowest BCUT2D eigenvalue weighted by Gasteiger charge is -2.23. The molecule has 0 saturated carbocycles. The number of rotatable bonds is 4. The Labute approximate surface area is 150 Å². The monoisotopic (exact) mass is 424 g/mol. The lowest BCUT2D eigenvalue weighted by Crippen LogP contribution is -2.48. The molecule has 0 aromatic heterocycles. The summed E-state index contributed by atoms with van der Waals surface area (Å²) in [6, 6.07) is 0.312. The van der Waals surface area contributed by atoms with Gasteiger partial charge in [-0.15, -0.1) is 24.0 Å². The van der Waals surface area contributed by atoms with Crippen LogP contribution in [0.4, 0.5) is 0 Å². The Morgan fingerprint density at radius 1 is 1.32 bits per heavy atom. The number of guanidine groups is 1. The van der Waals surface area contributed by atoms with E-state index in [0.29, 0.717) is 24.2 Å². The number of carbonyl (C=O) groups excluding carboxylic acids is 1. The molecule has 0 aromatic rings. The second kappa shape index (κ2) is 8.33. The minimum atomic E-state index is -0.225. The third-order valence-corrected chi connectivity index (χ3v) is 3.67. The lowest BCUT2D eigenvalue weighted by molar-refractivity contribution is -0.121. The van der Waals surface area contributed by atoms with E-state index in [0.717, 1.165) is 19.4 Å². The largest absolute Gasteiger partial charge is 0.373 e. The fourth-order valence-electron chi connectivity index (χ4n) is 2.89. The van der Waals surface area contributed by atoms with E-state index >= 15 is 0 Å². The normalized spacial score (nSPS) is 27.3. The van der Waals surface area contributed by atoms with Crippen molar-refractivity contribution in [2.45, 2.75) is 70.7 Å². The Hall–Kier alpha value is -0.570. The van der Waals surface area contributed by atoms with Gasteiger partial charge >= 0.3 is 0 Å². The minimum absolute atomic E-state index is 0. The van der Waals surface area contributed by atoms with Crippen LogP contribution in [0.3, 0.4) is 0 Å². The number of halogens is 1. The van der Waals surface area contributed by atoms with E-state index in [1.807, 2.05) is 27.7 Å². The van der Waals surface area contributed by atoms with Crippen LogP contribution in [0.5, 0.6) is 0 Å². The smallest absolute Gasteiger partial charge is 0.242 e. The molecule has 0 radical (unpaired) electrons. The average Bonchev–Trinajstić information content (AvgIpc) is 2.96. The van der Waals surface area contributed by atoms with Crippen LogP contribution in [0.25, 0.3) is 0 Å². The van der Waals surface area contributed by atoms with Crippen molar-refractivity contribution in [2.75, 3.05) is 13.1 Å². The van der Waals surface area contributed by atoms with E-state index < -0.39 is 0 Å². The second-order valence-electron chi connectivity index (χ2n) is 6.85. The van der Waals surface area contributed by atoms with Crippen LogP contribution in [-0.2, 0) is 9.53 Å². The third kappa shape index (κ3) is 5.91. The van der Waals surface area contributed by atoms with Crippen molar-refractivity contribution >= 4 is 35.8 Å². The number of hydrogen-bond acceptors (Lipinski definition) is 3. The van der Waals surface area contributed by atoms with Crippen molar-refractivity contribution in [1.82, 2.24) is 16.0 Å². The summed E-state index contributed by atoms with van der Waals surface area (Å²) < 4.78 is 5.83. The van der Waals surface area contributed by atoms with Crippen molar-refractivity contribution in [3.05, 3.63) is 0 Å². The van der Waals surface area contributed by atoms with Crippen LogP contribution in [0.2, 0.25) is 0 Å². The van der Waals surface area contributed by atoms with Gasteiger partial charge in [-0.3, -0.25) is 4.79 Å². The van der Waals surface area contributed by atoms with E-state index in [-0.39, 0.29) is 42.0 Å². The van der Waals surface area contributed by atoms with Crippen LogP contribution in [0, 0.1) is 0 Å². The van der Waals surface area contributed by atoms with Gasteiger partial charge in [0.25, 0.3) is 0 Å². The molecule has 2 aliphatic heterocycles. The maximum Gasteiger partial charge on any atom is 0.242 e. The Bertz CT molecular complexity index is 409. The topological polar surface area (TPSA) is 74.8 Å². The van der Waals surface area contributed by atoms with E-state index in [2.05, 4.69) is 20.9 Å². The summed E-state index contributed by atoms with van der Waals surface area (Å²) in [5.41, 5.74) is -0.225. The fraction of sp³-hybridized carbons (Fsp3) is 0.867. The summed E-state index contributed by atoms with van der Waals surface area (Å²) in [5.74, 6) is 0.631. The molecule has 2 saturated heterocycles. The highest BCUT2D eigenvalue weighted by molar-refractivity contribution is 14.0. The zero-order chi connectivity index (χ0) is 15.5. The van der Waals surface area contributed by atoms with Gasteiger partial charge in [0, 0.05) is 12.1 Å². The molecule has 2 rings (SSSR count). The number of ether oxygens (including phenoxy) is 1. The highest BCUT2D eigenvalue weighted by atomic mass is 127. The van der Waals surface area contributed by atoms with Crippen molar-refractivity contribution in [3.8, 4) is 0 Å². The van der Waals surface area contributed by atoms with Crippen LogP contribution in [-0.4, -0.2) is 48.7 Å². The quantitative estimate of drug-likeness (QED) is 0.362. The lowest BCUT2D eigenvalue weighted by atomic mass is 9.96. The average molecular weight is 424 g/mol. The zero-order valence-electron chi connectivity index (χ0n) is 13.9. The molecule has 0 aromatic carbocycles. The van der Waals surface area contributed by atoms with Gasteiger partial charge in [-0.2, -0.15) is 0 Å². The molecule has 22 heavy (non-hydrogen) atoms. The van der Waals surface area contributed by atoms with Crippen LogP contribution < -0.4 is 16.0 Å². The van der Waals surface area contributed by atoms with Crippen molar-refractivity contribution in [2.24, 2.45) is 4.99 Å². The molecular formula is C15H29IN4O2. The number of aliphatic imine (C=N–C) groups is 1. The first-order chi connectivity index (χ1) is 9.87. The summed E-state index contributed by atoms with van der Waals surface area (Å²) in [5, 5.41) is 9.50. The maximum atomic E-state index is 11.8. The van der Waals surface area contributed by atoms with Crippen molar-refractivity contribution < 1.29 is 9.53 Å². The molecule has 6 nitrogen and oxygen atoms in total. The first-order valence-electron chi connectivity index (χ1n) is 7.88. The number of hydrogen-bond donors (Lipinski definition) is 3. The van der Waals surface area contributed by atoms with Gasteiger partial charge in [-0.25, -0.2) is 4.99 Å². The molecule has 2 fully saturated rings. The molecule has 3 atom stereocenters. The number of fused-ring (bicyclic) bond motifs is 2. The molecule has 0 spiro atoms. The molecular weight excluding hydrogens is 395 g/mol. The molecule has 2 heterocycles. The molecule has 2 bridgehead atoms. The summed E-state index contributed by atoms with van der Waals surface area (Å²) >= 11 is 0. The Balaban J connectivity index is 0.00000242. The van der Waals surface area contributed by atoms with E-state index in [1.54, 1.807) is 0 Å². The molecule has 2 aliphatic rings. The van der Waals surface area contributed by atoms with Crippen LogP contribution in [0.15, 0.2) is 4.99 Å². The summed E-state index contributed by atoms with van der Waals surface area (Å²) in [6.45, 7) is 8.81. The Kier molecular flexibility index (Phi) is 7.37. The predicted octanol–water partition coefficient (Wildman–Crippen LogP) is 1.39. The number of amides is 1. The van der Waals surface area contributed by atoms with E-state index in [9.17, 15) is 4.79 Å². The van der Waals surface area contributed by atoms with Crippen LogP contribution in [0.1, 0.15) is 47.0 Å². The summed E-state index contributed by atoms with van der Waals surface area (Å²) in [7, 11) is 0. The number of nitrogens with one attached hydrogen (secondary N) is 3. The maximum absolute atomic E-state index is 11.8. The van der Waals surface area contributed by atoms with E-state index in [4.69, 9.17) is 4.74 Å². The first kappa shape index (κ1) is 19.5. The molecule has 3 unspecified atom stereocenters. The van der Waals surface area contributed by atoms with Crippen molar-refractivity contribution in [3.63, 3.8) is 0 Å². The molecule has 128 valence electrons. The van der Waals surface area contributed by atoms with Gasteiger partial charge in [0.1, 0.15) is 6.54 Å². The molecule has 3 N–H and O–H groups in total. The van der Waals surface area contributed by atoms with Gasteiger partial charge < -0.3 is 20.7 Å². The third-order valence-electron chi connectivity index (χ3n) is 3.67.